The smallest absolute Gasteiger partial charge is 0.202 e. The van der Waals surface area contributed by atoms with Crippen molar-refractivity contribution in [1.82, 2.24) is 10.2 Å². The van der Waals surface area contributed by atoms with Crippen LogP contribution in [-0.2, 0) is 0 Å². The lowest BCUT2D eigenvalue weighted by atomic mass is 10.2. The van der Waals surface area contributed by atoms with Crippen molar-refractivity contribution in [3.63, 3.8) is 0 Å². The zero-order valence-corrected chi connectivity index (χ0v) is 10.1. The number of nitrogens with zero attached hydrogens (tertiary/aromatic N) is 1. The molecule has 2 N–H and O–H groups in total. The summed E-state index contributed by atoms with van der Waals surface area (Å²) in [5, 5.41) is 9.38. The number of benzene rings is 1. The molecule has 1 aliphatic carbocycles. The minimum Gasteiger partial charge on any atom is -0.488 e. The minimum absolute atomic E-state index is 0.0819. The fraction of sp³-hybridized carbons (Fsp3) is 0.308. The van der Waals surface area contributed by atoms with Gasteiger partial charge in [-0.15, -0.1) is 0 Å². The van der Waals surface area contributed by atoms with Gasteiger partial charge in [0.05, 0.1) is 18.5 Å². The molecule has 100 valence electrons. The van der Waals surface area contributed by atoms with E-state index in [1.165, 1.54) is 6.07 Å². The van der Waals surface area contributed by atoms with E-state index >= 15 is 0 Å². The molecule has 2 aromatic rings. The van der Waals surface area contributed by atoms with E-state index < -0.39 is 11.6 Å². The van der Waals surface area contributed by atoms with Crippen LogP contribution in [0.5, 0.6) is 5.75 Å². The van der Waals surface area contributed by atoms with E-state index in [9.17, 15) is 8.78 Å². The van der Waals surface area contributed by atoms with Gasteiger partial charge >= 0.3 is 0 Å². The van der Waals surface area contributed by atoms with Crippen LogP contribution in [0.3, 0.4) is 0 Å². The molecule has 0 unspecified atom stereocenters. The van der Waals surface area contributed by atoms with Gasteiger partial charge in [-0.1, -0.05) is 0 Å². The molecule has 0 aliphatic heterocycles. The van der Waals surface area contributed by atoms with Crippen molar-refractivity contribution in [2.75, 3.05) is 11.9 Å². The number of hydrogen-bond donors (Lipinski definition) is 2. The number of rotatable bonds is 5. The Hall–Kier alpha value is -2.11. The third-order valence-corrected chi connectivity index (χ3v) is 2.98. The molecule has 1 aliphatic rings. The first-order chi connectivity index (χ1) is 9.24. The van der Waals surface area contributed by atoms with Crippen LogP contribution < -0.4 is 10.1 Å². The Morgan fingerprint density at radius 3 is 2.84 bits per heavy atom. The Morgan fingerprint density at radius 2 is 2.16 bits per heavy atom. The van der Waals surface area contributed by atoms with Gasteiger partial charge in [0.2, 0.25) is 5.82 Å². The Balaban J connectivity index is 1.85. The second-order valence-electron chi connectivity index (χ2n) is 4.59. The Bertz CT molecular complexity index is 568. The summed E-state index contributed by atoms with van der Waals surface area (Å²) >= 11 is 0. The SMILES string of the molecule is Fc1ccc(Nc2ccn[nH]2)c(OCC2CC2)c1F. The average molecular weight is 265 g/mol. The lowest BCUT2D eigenvalue weighted by molar-refractivity contribution is 0.282. The van der Waals surface area contributed by atoms with Gasteiger partial charge in [0.15, 0.2) is 11.6 Å². The topological polar surface area (TPSA) is 49.9 Å². The molecule has 1 heterocycles. The quantitative estimate of drug-likeness (QED) is 0.872. The van der Waals surface area contributed by atoms with Crippen LogP contribution in [0, 0.1) is 17.6 Å². The number of aromatic amines is 1. The van der Waals surface area contributed by atoms with Crippen molar-refractivity contribution >= 4 is 11.5 Å². The third-order valence-electron chi connectivity index (χ3n) is 2.98. The van der Waals surface area contributed by atoms with Gasteiger partial charge in [-0.25, -0.2) is 4.39 Å². The van der Waals surface area contributed by atoms with Crippen LogP contribution in [0.25, 0.3) is 0 Å². The van der Waals surface area contributed by atoms with Crippen LogP contribution in [0.4, 0.5) is 20.3 Å². The van der Waals surface area contributed by atoms with Gasteiger partial charge < -0.3 is 10.1 Å². The van der Waals surface area contributed by atoms with E-state index in [-0.39, 0.29) is 5.75 Å². The van der Waals surface area contributed by atoms with Gasteiger partial charge in [0.25, 0.3) is 0 Å². The molecule has 0 amide bonds. The fourth-order valence-electron chi connectivity index (χ4n) is 1.73. The highest BCUT2D eigenvalue weighted by molar-refractivity contribution is 5.64. The molecule has 0 saturated heterocycles. The van der Waals surface area contributed by atoms with Crippen LogP contribution in [-0.4, -0.2) is 16.8 Å². The molecule has 19 heavy (non-hydrogen) atoms. The number of aromatic nitrogens is 2. The predicted octanol–water partition coefficient (Wildman–Crippen LogP) is 3.22. The first-order valence-electron chi connectivity index (χ1n) is 6.11. The van der Waals surface area contributed by atoms with Crippen molar-refractivity contribution in [3.05, 3.63) is 36.0 Å². The monoisotopic (exact) mass is 265 g/mol. The van der Waals surface area contributed by atoms with E-state index in [4.69, 9.17) is 4.74 Å². The second-order valence-corrected chi connectivity index (χ2v) is 4.59. The van der Waals surface area contributed by atoms with Crippen LogP contribution in [0.1, 0.15) is 12.8 Å². The lowest BCUT2D eigenvalue weighted by Crippen LogP contribution is -2.05. The van der Waals surface area contributed by atoms with Crippen molar-refractivity contribution in [2.24, 2.45) is 5.92 Å². The van der Waals surface area contributed by atoms with Crippen LogP contribution in [0.2, 0.25) is 0 Å². The van der Waals surface area contributed by atoms with Crippen molar-refractivity contribution in [2.45, 2.75) is 12.8 Å². The molecule has 4 nitrogen and oxygen atoms in total. The maximum absolute atomic E-state index is 13.8. The minimum atomic E-state index is -0.967. The van der Waals surface area contributed by atoms with Crippen molar-refractivity contribution in [1.29, 1.82) is 0 Å². The summed E-state index contributed by atoms with van der Waals surface area (Å²) in [6.45, 7) is 0.415. The Labute approximate surface area is 108 Å². The van der Waals surface area contributed by atoms with Crippen molar-refractivity contribution in [3.8, 4) is 5.75 Å². The zero-order valence-electron chi connectivity index (χ0n) is 10.1. The van der Waals surface area contributed by atoms with E-state index in [0.29, 0.717) is 24.0 Å². The maximum Gasteiger partial charge on any atom is 0.202 e. The number of anilines is 2. The first kappa shape index (κ1) is 12.0. The molecule has 1 saturated carbocycles. The molecule has 1 fully saturated rings. The molecule has 0 atom stereocenters. The standard InChI is InChI=1S/C13H13F2N3O/c14-9-3-4-10(17-11-5-6-16-18-11)13(12(9)15)19-7-8-1-2-8/h3-6,8H,1-2,7H2,(H2,16,17,18). The summed E-state index contributed by atoms with van der Waals surface area (Å²) in [5.74, 6) is -0.919. The highest BCUT2D eigenvalue weighted by atomic mass is 19.2. The molecule has 6 heteroatoms. The molecule has 1 aromatic heterocycles. The summed E-state index contributed by atoms with van der Waals surface area (Å²) < 4.78 is 32.5. The fourth-order valence-corrected chi connectivity index (χ4v) is 1.73. The predicted molar refractivity (Wildman–Crippen MR) is 66.4 cm³/mol. The maximum atomic E-state index is 13.8. The molecule has 0 radical (unpaired) electrons. The summed E-state index contributed by atoms with van der Waals surface area (Å²) in [6.07, 6.45) is 3.73. The summed E-state index contributed by atoms with van der Waals surface area (Å²) in [6, 6.07) is 4.20. The van der Waals surface area contributed by atoms with Gasteiger partial charge in [-0.2, -0.15) is 9.49 Å². The Morgan fingerprint density at radius 1 is 1.32 bits per heavy atom. The van der Waals surface area contributed by atoms with Crippen molar-refractivity contribution < 1.29 is 13.5 Å². The lowest BCUT2D eigenvalue weighted by Gasteiger charge is -2.13. The number of H-pyrrole nitrogens is 1. The van der Waals surface area contributed by atoms with Crippen LogP contribution >= 0.6 is 0 Å². The van der Waals surface area contributed by atoms with E-state index in [0.717, 1.165) is 18.9 Å². The molecular formula is C13H13F2N3O. The number of ether oxygens (including phenoxy) is 1. The summed E-state index contributed by atoms with van der Waals surface area (Å²) in [5.41, 5.74) is 0.379. The number of halogens is 2. The highest BCUT2D eigenvalue weighted by Gasteiger charge is 2.24. The van der Waals surface area contributed by atoms with Gasteiger partial charge in [0.1, 0.15) is 5.82 Å². The van der Waals surface area contributed by atoms with Crippen LogP contribution in [0.15, 0.2) is 24.4 Å². The first-order valence-corrected chi connectivity index (χ1v) is 6.11. The normalized spacial score (nSPS) is 14.4. The van der Waals surface area contributed by atoms with Gasteiger partial charge in [0, 0.05) is 6.07 Å². The molecule has 0 spiro atoms. The molecule has 1 aromatic carbocycles. The number of nitrogens with one attached hydrogen (secondary N) is 2. The largest absolute Gasteiger partial charge is 0.488 e. The molecular weight excluding hydrogens is 252 g/mol. The zero-order chi connectivity index (χ0) is 13.2. The van der Waals surface area contributed by atoms with E-state index in [1.54, 1.807) is 12.3 Å². The second kappa shape index (κ2) is 4.87. The van der Waals surface area contributed by atoms with Gasteiger partial charge in [-0.05, 0) is 30.9 Å². The molecule has 3 rings (SSSR count). The van der Waals surface area contributed by atoms with Gasteiger partial charge in [-0.3, -0.25) is 5.10 Å². The average Bonchev–Trinajstić information content (AvgIpc) is 3.09. The number of hydrogen-bond acceptors (Lipinski definition) is 3. The summed E-state index contributed by atoms with van der Waals surface area (Å²) in [7, 11) is 0. The third kappa shape index (κ3) is 2.67. The van der Waals surface area contributed by atoms with E-state index in [1.807, 2.05) is 0 Å². The highest BCUT2D eigenvalue weighted by Crippen LogP contribution is 2.35. The Kier molecular flexibility index (Phi) is 3.06. The van der Waals surface area contributed by atoms with E-state index in [2.05, 4.69) is 15.5 Å². The molecule has 0 bridgehead atoms. The summed E-state index contributed by atoms with van der Waals surface area (Å²) in [4.78, 5) is 0.